The first-order valence-corrected chi connectivity index (χ1v) is 9.98. The number of anilines is 1. The van der Waals surface area contributed by atoms with Crippen molar-refractivity contribution < 1.29 is 13.2 Å². The third-order valence-corrected chi connectivity index (χ3v) is 5.73. The van der Waals surface area contributed by atoms with Gasteiger partial charge in [0.05, 0.1) is 18.1 Å². The minimum Gasteiger partial charge on any atom is -0.370 e. The fourth-order valence-corrected chi connectivity index (χ4v) is 3.06. The van der Waals surface area contributed by atoms with Crippen LogP contribution in [0.1, 0.15) is 12.8 Å². The summed E-state index contributed by atoms with van der Waals surface area (Å²) in [7, 11) is -0.199. The van der Waals surface area contributed by atoms with Crippen LogP contribution in [0.25, 0.3) is 0 Å². The third-order valence-electron chi connectivity index (χ3n) is 4.41. The van der Waals surface area contributed by atoms with Crippen molar-refractivity contribution in [3.63, 3.8) is 0 Å². The molecular formula is C15H25N5O4S. The van der Waals surface area contributed by atoms with Crippen molar-refractivity contribution in [2.45, 2.75) is 12.8 Å². The lowest BCUT2D eigenvalue weighted by Gasteiger charge is -2.18. The number of hydrogen-bond acceptors (Lipinski definition) is 6. The van der Waals surface area contributed by atoms with Crippen molar-refractivity contribution in [1.29, 1.82) is 0 Å². The van der Waals surface area contributed by atoms with E-state index in [1.807, 2.05) is 0 Å². The van der Waals surface area contributed by atoms with Gasteiger partial charge in [-0.1, -0.05) is 0 Å². The average molecular weight is 371 g/mol. The van der Waals surface area contributed by atoms with Crippen LogP contribution in [0.2, 0.25) is 0 Å². The first-order chi connectivity index (χ1) is 11.7. The minimum atomic E-state index is -3.26. The van der Waals surface area contributed by atoms with Crippen LogP contribution < -0.4 is 15.8 Å². The lowest BCUT2D eigenvalue weighted by molar-refractivity contribution is -0.121. The summed E-state index contributed by atoms with van der Waals surface area (Å²) < 4.78 is 25.0. The van der Waals surface area contributed by atoms with Crippen LogP contribution in [0.3, 0.4) is 0 Å². The van der Waals surface area contributed by atoms with Gasteiger partial charge in [0.25, 0.3) is 5.56 Å². The molecule has 1 N–H and O–H groups in total. The Morgan fingerprint density at radius 2 is 2.20 bits per heavy atom. The van der Waals surface area contributed by atoms with Gasteiger partial charge >= 0.3 is 0 Å². The van der Waals surface area contributed by atoms with Crippen LogP contribution in [0.15, 0.2) is 17.1 Å². The van der Waals surface area contributed by atoms with Crippen molar-refractivity contribution in [2.24, 2.45) is 13.0 Å². The summed E-state index contributed by atoms with van der Waals surface area (Å²) >= 11 is 0. The fourth-order valence-electron chi connectivity index (χ4n) is 2.64. The zero-order valence-corrected chi connectivity index (χ0v) is 15.6. The normalized spacial score (nSPS) is 17.9. The van der Waals surface area contributed by atoms with E-state index in [1.54, 1.807) is 19.3 Å². The molecule has 9 nitrogen and oxygen atoms in total. The molecule has 1 aromatic rings. The molecule has 0 saturated carbocycles. The molecule has 1 aromatic heterocycles. The number of hydrogen-bond donors (Lipinski definition) is 1. The molecule has 1 aliphatic heterocycles. The average Bonchev–Trinajstić information content (AvgIpc) is 3.01. The number of aromatic nitrogens is 2. The zero-order chi connectivity index (χ0) is 18.6. The second kappa shape index (κ2) is 7.96. The number of amides is 1. The summed E-state index contributed by atoms with van der Waals surface area (Å²) in [6.07, 6.45) is 3.84. The van der Waals surface area contributed by atoms with Crippen molar-refractivity contribution >= 4 is 21.6 Å². The molecule has 0 radical (unpaired) electrons. The second-order valence-electron chi connectivity index (χ2n) is 6.41. The summed E-state index contributed by atoms with van der Waals surface area (Å²) in [5, 5.41) is 6.88. The number of rotatable bonds is 7. The first-order valence-electron chi connectivity index (χ1n) is 8.13. The van der Waals surface area contributed by atoms with Crippen LogP contribution in [0.4, 0.5) is 5.69 Å². The SMILES string of the molecule is CN(CCC(=O)NCC1CCN(c2cnn(C)c(=O)c2)C1)S(C)(=O)=O. The predicted octanol–water partition coefficient (Wildman–Crippen LogP) is -0.996. The summed E-state index contributed by atoms with van der Waals surface area (Å²) in [4.78, 5) is 25.6. The van der Waals surface area contributed by atoms with E-state index in [4.69, 9.17) is 0 Å². The van der Waals surface area contributed by atoms with Gasteiger partial charge in [0.2, 0.25) is 15.9 Å². The molecule has 2 rings (SSSR count). The molecule has 1 fully saturated rings. The molecule has 1 amide bonds. The summed E-state index contributed by atoms with van der Waals surface area (Å²) in [6.45, 7) is 2.27. The van der Waals surface area contributed by atoms with E-state index in [0.29, 0.717) is 12.5 Å². The largest absolute Gasteiger partial charge is 0.370 e. The fraction of sp³-hybridized carbons (Fsp3) is 0.667. The Hall–Kier alpha value is -1.94. The Morgan fingerprint density at radius 3 is 2.84 bits per heavy atom. The van der Waals surface area contributed by atoms with Gasteiger partial charge < -0.3 is 10.2 Å². The van der Waals surface area contributed by atoms with E-state index in [-0.39, 0.29) is 24.4 Å². The van der Waals surface area contributed by atoms with Crippen LogP contribution in [0, 0.1) is 5.92 Å². The van der Waals surface area contributed by atoms with Gasteiger partial charge in [-0.2, -0.15) is 5.10 Å². The van der Waals surface area contributed by atoms with E-state index < -0.39 is 10.0 Å². The number of carbonyl (C=O) groups is 1. The summed E-state index contributed by atoms with van der Waals surface area (Å²) in [5.74, 6) is 0.129. The molecule has 1 saturated heterocycles. The van der Waals surface area contributed by atoms with Gasteiger partial charge in [0, 0.05) is 52.8 Å². The number of aryl methyl sites for hydroxylation is 1. The Kier molecular flexibility index (Phi) is 6.17. The van der Waals surface area contributed by atoms with Gasteiger partial charge in [-0.3, -0.25) is 9.59 Å². The number of nitrogens with one attached hydrogen (secondary N) is 1. The highest BCUT2D eigenvalue weighted by Gasteiger charge is 2.24. The number of sulfonamides is 1. The third kappa shape index (κ3) is 5.53. The van der Waals surface area contributed by atoms with Crippen molar-refractivity contribution in [3.05, 3.63) is 22.6 Å². The summed E-state index contributed by atoms with van der Waals surface area (Å²) in [6, 6.07) is 1.56. The molecule has 0 bridgehead atoms. The van der Waals surface area contributed by atoms with Crippen LogP contribution in [0.5, 0.6) is 0 Å². The standard InChI is InChI=1S/C15H25N5O4S/c1-18(25(3,23)24)6-5-14(21)16-9-12-4-7-20(11-12)13-8-15(22)19(2)17-10-13/h8,10,12H,4-7,9,11H2,1-3H3,(H,16,21). The Labute approximate surface area is 147 Å². The van der Waals surface area contributed by atoms with E-state index in [9.17, 15) is 18.0 Å². The van der Waals surface area contributed by atoms with Gasteiger partial charge in [0.15, 0.2) is 0 Å². The molecule has 2 heterocycles. The van der Waals surface area contributed by atoms with Crippen molar-refractivity contribution in [2.75, 3.05) is 44.4 Å². The minimum absolute atomic E-state index is 0.138. The molecule has 0 aromatic carbocycles. The molecular weight excluding hydrogens is 346 g/mol. The molecule has 0 spiro atoms. The highest BCUT2D eigenvalue weighted by molar-refractivity contribution is 7.88. The second-order valence-corrected chi connectivity index (χ2v) is 8.50. The topological polar surface area (TPSA) is 105 Å². The predicted molar refractivity (Wildman–Crippen MR) is 94.9 cm³/mol. The molecule has 0 aliphatic carbocycles. The van der Waals surface area contributed by atoms with Gasteiger partial charge in [-0.05, 0) is 12.3 Å². The van der Waals surface area contributed by atoms with Crippen LogP contribution >= 0.6 is 0 Å². The molecule has 10 heteroatoms. The van der Waals surface area contributed by atoms with Gasteiger partial charge in [-0.25, -0.2) is 17.4 Å². The van der Waals surface area contributed by atoms with Crippen molar-refractivity contribution in [3.8, 4) is 0 Å². The Balaban J connectivity index is 1.76. The molecule has 1 unspecified atom stereocenters. The van der Waals surface area contributed by atoms with Gasteiger partial charge in [-0.15, -0.1) is 0 Å². The van der Waals surface area contributed by atoms with Gasteiger partial charge in [0.1, 0.15) is 0 Å². The smallest absolute Gasteiger partial charge is 0.268 e. The maximum atomic E-state index is 11.9. The molecule has 25 heavy (non-hydrogen) atoms. The van der Waals surface area contributed by atoms with E-state index in [1.165, 1.54) is 11.7 Å². The Morgan fingerprint density at radius 1 is 1.48 bits per heavy atom. The van der Waals surface area contributed by atoms with E-state index in [2.05, 4.69) is 15.3 Å². The maximum absolute atomic E-state index is 11.9. The van der Waals surface area contributed by atoms with Crippen LogP contribution in [-0.2, 0) is 21.9 Å². The van der Waals surface area contributed by atoms with Crippen molar-refractivity contribution in [1.82, 2.24) is 19.4 Å². The maximum Gasteiger partial charge on any atom is 0.268 e. The van der Waals surface area contributed by atoms with Crippen LogP contribution in [-0.4, -0.2) is 67.9 Å². The monoisotopic (exact) mass is 371 g/mol. The summed E-state index contributed by atoms with van der Waals surface area (Å²) in [5.41, 5.74) is 0.649. The Bertz CT molecular complexity index is 776. The highest BCUT2D eigenvalue weighted by atomic mass is 32.2. The lowest BCUT2D eigenvalue weighted by Crippen LogP contribution is -2.34. The lowest BCUT2D eigenvalue weighted by atomic mass is 10.1. The number of carbonyl (C=O) groups excluding carboxylic acids is 1. The molecule has 1 atom stereocenters. The molecule has 140 valence electrons. The van der Waals surface area contributed by atoms with E-state index >= 15 is 0 Å². The quantitative estimate of drug-likeness (QED) is 0.660. The molecule has 1 aliphatic rings. The zero-order valence-electron chi connectivity index (χ0n) is 14.8. The first kappa shape index (κ1) is 19.4. The highest BCUT2D eigenvalue weighted by Crippen LogP contribution is 2.21. The number of nitrogens with zero attached hydrogens (tertiary/aromatic N) is 4. The van der Waals surface area contributed by atoms with E-state index in [0.717, 1.165) is 35.8 Å².